The van der Waals surface area contributed by atoms with Crippen molar-refractivity contribution in [3.63, 3.8) is 0 Å². The molecule has 2 unspecified atom stereocenters. The summed E-state index contributed by atoms with van der Waals surface area (Å²) in [5, 5.41) is 28.1. The van der Waals surface area contributed by atoms with Crippen molar-refractivity contribution in [2.45, 2.75) is 32.5 Å². The Morgan fingerprint density at radius 3 is 1.50 bits per heavy atom. The third-order valence-corrected chi connectivity index (χ3v) is 1.59. The summed E-state index contributed by atoms with van der Waals surface area (Å²) in [5.74, 6) is 0. The SMILES string of the molecule is C=C(C)COC(O)C(O)C(O)OCC(=C)C. The highest BCUT2D eigenvalue weighted by molar-refractivity contribution is 4.88. The summed E-state index contributed by atoms with van der Waals surface area (Å²) in [7, 11) is 0. The topological polar surface area (TPSA) is 79.2 Å². The molecule has 0 radical (unpaired) electrons. The zero-order valence-electron chi connectivity index (χ0n) is 9.72. The highest BCUT2D eigenvalue weighted by Gasteiger charge is 2.25. The number of ether oxygens (including phenoxy) is 2. The second kappa shape index (κ2) is 7.54. The molecule has 0 bridgehead atoms. The van der Waals surface area contributed by atoms with E-state index in [1.165, 1.54) is 0 Å². The van der Waals surface area contributed by atoms with Crippen LogP contribution in [0.25, 0.3) is 0 Å². The molecule has 0 fully saturated rings. The van der Waals surface area contributed by atoms with Gasteiger partial charge >= 0.3 is 0 Å². The molecule has 5 nitrogen and oxygen atoms in total. The highest BCUT2D eigenvalue weighted by Crippen LogP contribution is 2.06. The van der Waals surface area contributed by atoms with Crippen molar-refractivity contribution in [1.29, 1.82) is 0 Å². The van der Waals surface area contributed by atoms with E-state index in [-0.39, 0.29) is 13.2 Å². The number of rotatable bonds is 8. The molecule has 0 amide bonds. The predicted molar refractivity (Wildman–Crippen MR) is 59.6 cm³/mol. The monoisotopic (exact) mass is 232 g/mol. The van der Waals surface area contributed by atoms with Crippen molar-refractivity contribution in [2.24, 2.45) is 0 Å². The molecule has 0 saturated carbocycles. The van der Waals surface area contributed by atoms with Crippen molar-refractivity contribution in [3.05, 3.63) is 24.3 Å². The fourth-order valence-corrected chi connectivity index (χ4v) is 0.793. The summed E-state index contributed by atoms with van der Waals surface area (Å²) in [6.07, 6.45) is -4.56. The van der Waals surface area contributed by atoms with Crippen LogP contribution in [0.5, 0.6) is 0 Å². The van der Waals surface area contributed by atoms with E-state index >= 15 is 0 Å². The van der Waals surface area contributed by atoms with Gasteiger partial charge in [-0.1, -0.05) is 24.3 Å². The Kier molecular flexibility index (Phi) is 7.20. The Bertz CT molecular complexity index is 215. The second-order valence-corrected chi connectivity index (χ2v) is 3.81. The van der Waals surface area contributed by atoms with E-state index in [0.717, 1.165) is 0 Å². The third kappa shape index (κ3) is 6.71. The van der Waals surface area contributed by atoms with Crippen LogP contribution in [0.2, 0.25) is 0 Å². The molecule has 0 spiro atoms. The molecule has 0 rings (SSSR count). The molecule has 0 aromatic carbocycles. The predicted octanol–water partition coefficient (Wildman–Crippen LogP) is 0.169. The largest absolute Gasteiger partial charge is 0.382 e. The first-order valence-electron chi connectivity index (χ1n) is 4.90. The molecule has 94 valence electrons. The zero-order chi connectivity index (χ0) is 12.7. The minimum absolute atomic E-state index is 0.103. The van der Waals surface area contributed by atoms with E-state index in [2.05, 4.69) is 13.2 Å². The molecule has 16 heavy (non-hydrogen) atoms. The highest BCUT2D eigenvalue weighted by atomic mass is 16.6. The van der Waals surface area contributed by atoms with Crippen LogP contribution in [-0.4, -0.2) is 47.2 Å². The maximum absolute atomic E-state index is 9.40. The Hall–Kier alpha value is -0.720. The minimum Gasteiger partial charge on any atom is -0.382 e. The van der Waals surface area contributed by atoms with Crippen LogP contribution in [0, 0.1) is 0 Å². The molecule has 5 heteroatoms. The lowest BCUT2D eigenvalue weighted by atomic mass is 10.3. The van der Waals surface area contributed by atoms with Gasteiger partial charge in [0, 0.05) is 0 Å². The molecule has 0 heterocycles. The molecule has 0 aliphatic heterocycles. The maximum Gasteiger partial charge on any atom is 0.186 e. The second-order valence-electron chi connectivity index (χ2n) is 3.81. The Morgan fingerprint density at radius 2 is 1.25 bits per heavy atom. The first kappa shape index (κ1) is 15.3. The third-order valence-electron chi connectivity index (χ3n) is 1.59. The minimum atomic E-state index is -1.53. The van der Waals surface area contributed by atoms with Crippen LogP contribution in [0.15, 0.2) is 24.3 Å². The van der Waals surface area contributed by atoms with Gasteiger partial charge in [0.25, 0.3) is 0 Å². The first-order chi connectivity index (χ1) is 7.34. The molecule has 0 aromatic rings. The van der Waals surface area contributed by atoms with Crippen LogP contribution in [0.4, 0.5) is 0 Å². The average molecular weight is 232 g/mol. The van der Waals surface area contributed by atoms with Gasteiger partial charge in [-0.3, -0.25) is 0 Å². The van der Waals surface area contributed by atoms with Crippen molar-refractivity contribution >= 4 is 0 Å². The van der Waals surface area contributed by atoms with E-state index in [4.69, 9.17) is 9.47 Å². The van der Waals surface area contributed by atoms with Gasteiger partial charge in [0.2, 0.25) is 0 Å². The summed E-state index contributed by atoms with van der Waals surface area (Å²) in [6, 6.07) is 0. The van der Waals surface area contributed by atoms with Gasteiger partial charge in [0.05, 0.1) is 13.2 Å². The number of hydrogen-bond donors (Lipinski definition) is 3. The zero-order valence-corrected chi connectivity index (χ0v) is 9.72. The first-order valence-corrected chi connectivity index (χ1v) is 4.90. The van der Waals surface area contributed by atoms with E-state index < -0.39 is 18.7 Å². The fourth-order valence-electron chi connectivity index (χ4n) is 0.793. The van der Waals surface area contributed by atoms with Gasteiger partial charge < -0.3 is 24.8 Å². The van der Waals surface area contributed by atoms with Gasteiger partial charge in [-0.2, -0.15) is 0 Å². The lowest BCUT2D eigenvalue weighted by Gasteiger charge is -2.23. The van der Waals surface area contributed by atoms with E-state index in [0.29, 0.717) is 11.1 Å². The average Bonchev–Trinajstić information content (AvgIpc) is 2.21. The lowest BCUT2D eigenvalue weighted by Crippen LogP contribution is -2.41. The van der Waals surface area contributed by atoms with Crippen molar-refractivity contribution in [3.8, 4) is 0 Å². The van der Waals surface area contributed by atoms with Crippen molar-refractivity contribution in [2.75, 3.05) is 13.2 Å². The van der Waals surface area contributed by atoms with Gasteiger partial charge in [0.1, 0.15) is 0 Å². The van der Waals surface area contributed by atoms with E-state index in [1.54, 1.807) is 13.8 Å². The number of hydrogen-bond acceptors (Lipinski definition) is 5. The molecular formula is C11H20O5. The molecular weight excluding hydrogens is 212 g/mol. The van der Waals surface area contributed by atoms with Crippen molar-refractivity contribution < 1.29 is 24.8 Å². The summed E-state index contributed by atoms with van der Waals surface area (Å²) >= 11 is 0. The normalized spacial score (nSPS) is 16.6. The Morgan fingerprint density at radius 1 is 0.938 bits per heavy atom. The van der Waals surface area contributed by atoms with Crippen molar-refractivity contribution in [1.82, 2.24) is 0 Å². The summed E-state index contributed by atoms with van der Waals surface area (Å²) in [4.78, 5) is 0. The number of aliphatic hydroxyl groups is 3. The smallest absolute Gasteiger partial charge is 0.186 e. The molecule has 2 atom stereocenters. The van der Waals surface area contributed by atoms with Gasteiger partial charge in [0.15, 0.2) is 18.7 Å². The lowest BCUT2D eigenvalue weighted by molar-refractivity contribution is -0.240. The van der Waals surface area contributed by atoms with Crippen LogP contribution in [-0.2, 0) is 9.47 Å². The van der Waals surface area contributed by atoms with Gasteiger partial charge in [-0.25, -0.2) is 0 Å². The summed E-state index contributed by atoms with van der Waals surface area (Å²) in [5.41, 5.74) is 1.40. The molecule has 0 aliphatic carbocycles. The number of aliphatic hydroxyl groups excluding tert-OH is 3. The molecule has 3 N–H and O–H groups in total. The summed E-state index contributed by atoms with van der Waals surface area (Å²) < 4.78 is 9.67. The van der Waals surface area contributed by atoms with Crippen LogP contribution >= 0.6 is 0 Å². The quantitative estimate of drug-likeness (QED) is 0.410. The Balaban J connectivity index is 3.95. The van der Waals surface area contributed by atoms with Crippen LogP contribution < -0.4 is 0 Å². The summed E-state index contributed by atoms with van der Waals surface area (Å²) in [6.45, 7) is 10.8. The van der Waals surface area contributed by atoms with Gasteiger partial charge in [-0.15, -0.1) is 0 Å². The van der Waals surface area contributed by atoms with Crippen LogP contribution in [0.3, 0.4) is 0 Å². The molecule has 0 aliphatic rings. The van der Waals surface area contributed by atoms with E-state index in [9.17, 15) is 15.3 Å². The van der Waals surface area contributed by atoms with Crippen LogP contribution in [0.1, 0.15) is 13.8 Å². The Labute approximate surface area is 95.6 Å². The fraction of sp³-hybridized carbons (Fsp3) is 0.636. The molecule has 0 aromatic heterocycles. The standard InChI is InChI=1S/C11H20O5/c1-7(2)5-15-10(13)9(12)11(14)16-6-8(3)4/h9-14H,1,3,5-6H2,2,4H3. The van der Waals surface area contributed by atoms with Gasteiger partial charge in [-0.05, 0) is 13.8 Å². The maximum atomic E-state index is 9.40. The van der Waals surface area contributed by atoms with E-state index in [1.807, 2.05) is 0 Å². The molecule has 0 saturated heterocycles.